The molecule has 0 bridgehead atoms. The van der Waals surface area contributed by atoms with E-state index in [0.29, 0.717) is 11.1 Å². The van der Waals surface area contributed by atoms with Crippen LogP contribution in [0, 0.1) is 13.8 Å². The first-order chi connectivity index (χ1) is 14.6. The predicted octanol–water partition coefficient (Wildman–Crippen LogP) is 3.69. The molecule has 0 aliphatic carbocycles. The molecular weight excluding hydrogens is 372 g/mol. The van der Waals surface area contributed by atoms with Crippen LogP contribution >= 0.6 is 0 Å². The van der Waals surface area contributed by atoms with Crippen LogP contribution in [0.5, 0.6) is 5.88 Å². The molecule has 0 aliphatic heterocycles. The molecule has 5 heteroatoms. The van der Waals surface area contributed by atoms with E-state index in [9.17, 15) is 5.11 Å². The molecule has 0 radical (unpaired) electrons. The van der Waals surface area contributed by atoms with Crippen LogP contribution in [0.2, 0.25) is 0 Å². The maximum atomic E-state index is 13.6. The predicted molar refractivity (Wildman–Crippen MR) is 115 cm³/mol. The Bertz CT molecular complexity index is 1450. The molecule has 146 valence electrons. The summed E-state index contributed by atoms with van der Waals surface area (Å²) < 4.78 is 3.20. The highest BCUT2D eigenvalue weighted by molar-refractivity contribution is 5.84. The van der Waals surface area contributed by atoms with Gasteiger partial charge in [0.1, 0.15) is 0 Å². The average molecular weight is 392 g/mol. The molecule has 30 heavy (non-hydrogen) atoms. The van der Waals surface area contributed by atoms with E-state index in [1.165, 1.54) is 0 Å². The molecular formula is C25H20N4O. The van der Waals surface area contributed by atoms with Gasteiger partial charge in [0.2, 0.25) is 11.7 Å². The molecule has 5 aromatic rings. The smallest absolute Gasteiger partial charge is 0.300 e. The summed E-state index contributed by atoms with van der Waals surface area (Å²) in [6, 6.07) is 25.5. The average Bonchev–Trinajstić information content (AvgIpc) is 2.75. The molecule has 5 rings (SSSR count). The molecule has 0 fully saturated rings. The molecule has 0 atom stereocenters. The van der Waals surface area contributed by atoms with E-state index in [4.69, 9.17) is 10.1 Å². The summed E-state index contributed by atoms with van der Waals surface area (Å²) in [6.07, 6.45) is 1.87. The third kappa shape index (κ3) is 3.20. The Morgan fingerprint density at radius 3 is 2.17 bits per heavy atom. The van der Waals surface area contributed by atoms with Crippen molar-refractivity contribution in [2.24, 2.45) is 4.99 Å². The molecule has 0 spiro atoms. The van der Waals surface area contributed by atoms with Crippen molar-refractivity contribution < 1.29 is 9.62 Å². The fourth-order valence-electron chi connectivity index (χ4n) is 3.50. The molecule has 0 amide bonds. The zero-order valence-corrected chi connectivity index (χ0v) is 16.8. The fourth-order valence-corrected chi connectivity index (χ4v) is 3.50. The van der Waals surface area contributed by atoms with Crippen LogP contribution < -0.4 is 15.2 Å². The van der Waals surface area contributed by atoms with Crippen molar-refractivity contribution in [3.05, 3.63) is 102 Å². The van der Waals surface area contributed by atoms with Crippen LogP contribution in [0.3, 0.4) is 0 Å². The van der Waals surface area contributed by atoms with Crippen LogP contribution in [0.15, 0.2) is 90.1 Å². The highest BCUT2D eigenvalue weighted by atomic mass is 16.3. The Balaban J connectivity index is 1.87. The molecule has 0 aliphatic rings. The molecule has 0 saturated carbocycles. The number of aromatic nitrogens is 3. The minimum Gasteiger partial charge on any atom is -0.855 e. The van der Waals surface area contributed by atoms with Crippen molar-refractivity contribution in [3.63, 3.8) is 0 Å². The van der Waals surface area contributed by atoms with Crippen molar-refractivity contribution >= 4 is 22.0 Å². The number of rotatable bonds is 2. The molecule has 2 heterocycles. The highest BCUT2D eigenvalue weighted by Crippen LogP contribution is 2.20. The topological polar surface area (TPSA) is 57.3 Å². The number of nitrogens with zero attached hydrogens (tertiary/aromatic N) is 4. The van der Waals surface area contributed by atoms with E-state index in [2.05, 4.69) is 0 Å². The lowest BCUT2D eigenvalue weighted by Crippen LogP contribution is -2.40. The van der Waals surface area contributed by atoms with Crippen LogP contribution in [-0.4, -0.2) is 9.67 Å². The zero-order valence-electron chi connectivity index (χ0n) is 16.8. The zero-order chi connectivity index (χ0) is 20.7. The molecule has 0 saturated heterocycles. The summed E-state index contributed by atoms with van der Waals surface area (Å²) in [7, 11) is 0. The van der Waals surface area contributed by atoms with Crippen LogP contribution in [0.1, 0.15) is 11.1 Å². The van der Waals surface area contributed by atoms with Gasteiger partial charge in [-0.15, -0.1) is 0 Å². The Morgan fingerprint density at radius 1 is 0.833 bits per heavy atom. The lowest BCUT2D eigenvalue weighted by molar-refractivity contribution is -0.585. The van der Waals surface area contributed by atoms with Gasteiger partial charge in [0, 0.05) is 28.1 Å². The van der Waals surface area contributed by atoms with Gasteiger partial charge in [-0.1, -0.05) is 53.6 Å². The molecule has 3 aromatic carbocycles. The van der Waals surface area contributed by atoms with Gasteiger partial charge in [0.05, 0.1) is 5.69 Å². The van der Waals surface area contributed by atoms with E-state index in [-0.39, 0.29) is 5.88 Å². The van der Waals surface area contributed by atoms with Crippen molar-refractivity contribution in [1.29, 1.82) is 0 Å². The van der Waals surface area contributed by atoms with E-state index in [0.717, 1.165) is 33.3 Å². The third-order valence-electron chi connectivity index (χ3n) is 5.17. The summed E-state index contributed by atoms with van der Waals surface area (Å²) >= 11 is 0. The van der Waals surface area contributed by atoms with Gasteiger partial charge in [-0.25, -0.2) is 4.99 Å². The van der Waals surface area contributed by atoms with Crippen molar-refractivity contribution in [1.82, 2.24) is 9.67 Å². The largest absolute Gasteiger partial charge is 0.855 e. The summed E-state index contributed by atoms with van der Waals surface area (Å²) in [4.78, 5) is 4.70. The quantitative estimate of drug-likeness (QED) is 0.340. The number of hydrogen-bond donors (Lipinski definition) is 0. The second kappa shape index (κ2) is 7.12. The monoisotopic (exact) mass is 392 g/mol. The number of hydrogen-bond acceptors (Lipinski definition) is 3. The summed E-state index contributed by atoms with van der Waals surface area (Å²) in [5.41, 5.74) is 4.58. The van der Waals surface area contributed by atoms with Crippen LogP contribution in [0.4, 0.5) is 5.69 Å². The van der Waals surface area contributed by atoms with Crippen molar-refractivity contribution in [2.75, 3.05) is 0 Å². The number of fused-ring (bicyclic) bond motifs is 2. The SMILES string of the molecule is Cc1ccc(N=c2n[n+]3cc4ccccc4cc3c([O-])n2-c2ccc(C)cc2)cc1. The highest BCUT2D eigenvalue weighted by Gasteiger charge is 2.14. The summed E-state index contributed by atoms with van der Waals surface area (Å²) in [5.74, 6) is -0.162. The Labute approximate surface area is 173 Å². The Morgan fingerprint density at radius 2 is 1.47 bits per heavy atom. The first-order valence-electron chi connectivity index (χ1n) is 9.81. The van der Waals surface area contributed by atoms with Crippen LogP contribution in [-0.2, 0) is 0 Å². The molecule has 0 unspecified atom stereocenters. The third-order valence-corrected chi connectivity index (χ3v) is 5.17. The fraction of sp³-hybridized carbons (Fsp3) is 0.0800. The molecule has 2 aromatic heterocycles. The molecule has 0 N–H and O–H groups in total. The van der Waals surface area contributed by atoms with Gasteiger partial charge in [-0.3, -0.25) is 4.57 Å². The van der Waals surface area contributed by atoms with E-state index >= 15 is 0 Å². The maximum Gasteiger partial charge on any atom is 0.300 e. The van der Waals surface area contributed by atoms with Crippen molar-refractivity contribution in [2.45, 2.75) is 13.8 Å². The normalized spacial score (nSPS) is 12.0. The minimum absolute atomic E-state index is 0.162. The van der Waals surface area contributed by atoms with E-state index in [1.807, 2.05) is 98.9 Å². The lowest BCUT2D eigenvalue weighted by Gasteiger charge is -2.16. The minimum atomic E-state index is -0.162. The van der Waals surface area contributed by atoms with E-state index < -0.39 is 0 Å². The summed E-state index contributed by atoms with van der Waals surface area (Å²) in [6.45, 7) is 4.05. The van der Waals surface area contributed by atoms with Gasteiger partial charge in [-0.05, 0) is 54.1 Å². The van der Waals surface area contributed by atoms with Gasteiger partial charge in [0.25, 0.3) is 5.62 Å². The number of pyridine rings is 1. The van der Waals surface area contributed by atoms with Gasteiger partial charge < -0.3 is 5.11 Å². The standard InChI is InChI=1S/C25H20N4O/c1-17-7-11-21(12-8-17)26-25-27-28-16-20-6-4-3-5-19(20)15-23(28)24(30)29(25)22-13-9-18(2)10-14-22/h3-16H,1-2H3. The second-order valence-electron chi connectivity index (χ2n) is 7.46. The first kappa shape index (κ1) is 18.1. The summed E-state index contributed by atoms with van der Waals surface area (Å²) in [5, 5.41) is 20.3. The second-order valence-corrected chi connectivity index (χ2v) is 7.46. The van der Waals surface area contributed by atoms with E-state index in [1.54, 1.807) is 9.08 Å². The van der Waals surface area contributed by atoms with Gasteiger partial charge in [-0.2, -0.15) is 0 Å². The van der Waals surface area contributed by atoms with Crippen LogP contribution in [0.25, 0.3) is 22.0 Å². The first-order valence-corrected chi connectivity index (χ1v) is 9.81. The lowest BCUT2D eigenvalue weighted by atomic mass is 10.1. The van der Waals surface area contributed by atoms with Gasteiger partial charge >= 0.3 is 0 Å². The Kier molecular flexibility index (Phi) is 4.29. The molecule has 5 nitrogen and oxygen atoms in total. The van der Waals surface area contributed by atoms with Gasteiger partial charge in [0.15, 0.2) is 0 Å². The Hall–Kier alpha value is -3.99. The number of aryl methyl sites for hydroxylation is 2. The maximum absolute atomic E-state index is 13.6. The number of benzene rings is 3. The van der Waals surface area contributed by atoms with Crippen molar-refractivity contribution in [3.8, 4) is 11.6 Å².